The SMILES string of the molecule is c1ccc(-c2nc3cc4c(cc3o2)oc2cccc(N(c3ccc5sc6ccccc6c5c3)c3cccc5c3c3ccccc3n5-c3ccccc3)c24)cc1. The van der Waals surface area contributed by atoms with Crippen LogP contribution in [0.5, 0.6) is 0 Å². The fourth-order valence-electron chi connectivity index (χ4n) is 8.42. The minimum atomic E-state index is 0.590. The number of oxazole rings is 1. The fourth-order valence-corrected chi connectivity index (χ4v) is 9.51. The topological polar surface area (TPSA) is 47.3 Å². The van der Waals surface area contributed by atoms with Crippen LogP contribution in [-0.2, 0) is 0 Å². The first-order valence-electron chi connectivity index (χ1n) is 18.4. The van der Waals surface area contributed by atoms with Crippen LogP contribution >= 0.6 is 11.3 Å². The molecule has 4 aromatic heterocycles. The zero-order valence-corrected chi connectivity index (χ0v) is 30.1. The molecule has 0 fully saturated rings. The van der Waals surface area contributed by atoms with E-state index in [1.54, 1.807) is 0 Å². The van der Waals surface area contributed by atoms with Crippen LogP contribution in [0, 0.1) is 0 Å². The smallest absolute Gasteiger partial charge is 0.227 e. The maximum Gasteiger partial charge on any atom is 0.227 e. The second-order valence-electron chi connectivity index (χ2n) is 13.9. The van der Waals surface area contributed by atoms with Crippen molar-refractivity contribution in [3.63, 3.8) is 0 Å². The van der Waals surface area contributed by atoms with E-state index in [2.05, 4.69) is 149 Å². The second-order valence-corrected chi connectivity index (χ2v) is 15.0. The summed E-state index contributed by atoms with van der Waals surface area (Å²) in [5.41, 5.74) is 10.6. The van der Waals surface area contributed by atoms with Crippen molar-refractivity contribution >= 4 is 103 Å². The van der Waals surface area contributed by atoms with E-state index in [0.29, 0.717) is 11.5 Å². The summed E-state index contributed by atoms with van der Waals surface area (Å²) >= 11 is 1.83. The van der Waals surface area contributed by atoms with Crippen molar-refractivity contribution in [1.82, 2.24) is 9.55 Å². The first-order valence-corrected chi connectivity index (χ1v) is 19.2. The normalized spacial score (nSPS) is 12.0. The predicted molar refractivity (Wildman–Crippen MR) is 229 cm³/mol. The lowest BCUT2D eigenvalue weighted by molar-refractivity contribution is 0.617. The van der Waals surface area contributed by atoms with Crippen LogP contribution in [-0.4, -0.2) is 9.55 Å². The first kappa shape index (κ1) is 30.3. The number of thiophene rings is 1. The Balaban J connectivity index is 1.17. The maximum absolute atomic E-state index is 6.66. The van der Waals surface area contributed by atoms with Gasteiger partial charge >= 0.3 is 0 Å². The number of para-hydroxylation sites is 2. The number of fused-ring (bicyclic) bond motifs is 10. The monoisotopic (exact) mass is 723 g/mol. The van der Waals surface area contributed by atoms with Crippen molar-refractivity contribution < 1.29 is 8.83 Å². The number of rotatable bonds is 5. The number of furan rings is 1. The molecule has 55 heavy (non-hydrogen) atoms. The van der Waals surface area contributed by atoms with E-state index >= 15 is 0 Å². The van der Waals surface area contributed by atoms with E-state index in [9.17, 15) is 0 Å². The van der Waals surface area contributed by atoms with Gasteiger partial charge in [0, 0.05) is 59.3 Å². The van der Waals surface area contributed by atoms with E-state index in [1.165, 1.54) is 30.9 Å². The van der Waals surface area contributed by atoms with Crippen LogP contribution in [0.3, 0.4) is 0 Å². The summed E-state index contributed by atoms with van der Waals surface area (Å²) in [5, 5.41) is 6.86. The Labute approximate surface area is 318 Å². The molecule has 0 radical (unpaired) electrons. The maximum atomic E-state index is 6.66. The largest absolute Gasteiger partial charge is 0.456 e. The molecule has 12 aromatic rings. The van der Waals surface area contributed by atoms with Crippen LogP contribution in [0.15, 0.2) is 185 Å². The average Bonchev–Trinajstić information content (AvgIpc) is 4.01. The molecule has 12 rings (SSSR count). The molecule has 0 aliphatic carbocycles. The van der Waals surface area contributed by atoms with Crippen molar-refractivity contribution in [1.29, 1.82) is 0 Å². The molecule has 8 aromatic carbocycles. The van der Waals surface area contributed by atoms with Gasteiger partial charge in [0.2, 0.25) is 5.89 Å². The van der Waals surface area contributed by atoms with Crippen molar-refractivity contribution in [2.75, 3.05) is 4.90 Å². The number of benzene rings is 8. The molecule has 258 valence electrons. The third-order valence-corrected chi connectivity index (χ3v) is 11.9. The van der Waals surface area contributed by atoms with Crippen molar-refractivity contribution in [2.24, 2.45) is 0 Å². The van der Waals surface area contributed by atoms with Gasteiger partial charge in [-0.25, -0.2) is 4.98 Å². The Bertz CT molecular complexity index is 3450. The third-order valence-electron chi connectivity index (χ3n) is 10.8. The van der Waals surface area contributed by atoms with E-state index in [0.717, 1.165) is 66.8 Å². The Hall–Kier alpha value is -7.15. The van der Waals surface area contributed by atoms with Crippen LogP contribution in [0.2, 0.25) is 0 Å². The van der Waals surface area contributed by atoms with Crippen LogP contribution < -0.4 is 4.90 Å². The van der Waals surface area contributed by atoms with Crippen LogP contribution in [0.4, 0.5) is 17.1 Å². The van der Waals surface area contributed by atoms with Gasteiger partial charge in [-0.2, -0.15) is 0 Å². The lowest BCUT2D eigenvalue weighted by atomic mass is 10.0. The molecule has 0 bridgehead atoms. The average molecular weight is 724 g/mol. The summed E-state index contributed by atoms with van der Waals surface area (Å²) in [7, 11) is 0. The van der Waals surface area contributed by atoms with Gasteiger partial charge in [0.25, 0.3) is 0 Å². The molecule has 0 aliphatic rings. The van der Waals surface area contributed by atoms with E-state index in [4.69, 9.17) is 13.8 Å². The van der Waals surface area contributed by atoms with Gasteiger partial charge in [0.1, 0.15) is 16.7 Å². The van der Waals surface area contributed by atoms with Gasteiger partial charge in [-0.05, 0) is 84.9 Å². The Morgan fingerprint density at radius 2 is 1.18 bits per heavy atom. The van der Waals surface area contributed by atoms with Crippen molar-refractivity contribution in [2.45, 2.75) is 0 Å². The van der Waals surface area contributed by atoms with Crippen molar-refractivity contribution in [3.8, 4) is 17.1 Å². The zero-order chi connectivity index (χ0) is 36.0. The molecule has 0 N–H and O–H groups in total. The van der Waals surface area contributed by atoms with E-state index in [1.807, 2.05) is 47.7 Å². The molecule has 0 unspecified atom stereocenters. The molecular formula is C49H29N3O2S. The summed E-state index contributed by atoms with van der Waals surface area (Å²) in [6.45, 7) is 0. The number of hydrogen-bond acceptors (Lipinski definition) is 5. The highest BCUT2D eigenvalue weighted by Crippen LogP contribution is 2.49. The first-order chi connectivity index (χ1) is 27.3. The number of hydrogen-bond donors (Lipinski definition) is 0. The Kier molecular flexibility index (Phi) is 6.44. The second kappa shape index (κ2) is 11.7. The molecule has 0 saturated carbocycles. The highest BCUT2D eigenvalue weighted by atomic mass is 32.1. The number of nitrogens with zero attached hydrogens (tertiary/aromatic N) is 3. The molecule has 6 heteroatoms. The fraction of sp³-hybridized carbons (Fsp3) is 0. The Morgan fingerprint density at radius 3 is 2.05 bits per heavy atom. The van der Waals surface area contributed by atoms with Gasteiger partial charge in [-0.3, -0.25) is 0 Å². The summed E-state index contributed by atoms with van der Waals surface area (Å²) < 4.78 is 17.9. The standard InChI is InChI=1S/C49H29N3O2S/c1-3-13-30(14-4-1)49-50-37-28-36-43(29-44(37)54-49)53-42-23-12-22-41(48(36)42)52(32-25-26-46-35(27-32)33-17-8-10-24-45(33)55-46)40-21-11-20-39-47(40)34-18-7-9-19-38(34)51(39)31-15-5-2-6-16-31/h1-29H. The van der Waals surface area contributed by atoms with Gasteiger partial charge in [-0.15, -0.1) is 11.3 Å². The quantitative estimate of drug-likeness (QED) is 0.177. The predicted octanol–water partition coefficient (Wildman–Crippen LogP) is 14.3. The highest BCUT2D eigenvalue weighted by Gasteiger charge is 2.25. The van der Waals surface area contributed by atoms with E-state index < -0.39 is 0 Å². The highest BCUT2D eigenvalue weighted by molar-refractivity contribution is 7.25. The minimum absolute atomic E-state index is 0.590. The molecule has 0 aliphatic heterocycles. The molecule has 0 saturated heterocycles. The minimum Gasteiger partial charge on any atom is -0.456 e. The van der Waals surface area contributed by atoms with Gasteiger partial charge < -0.3 is 18.3 Å². The van der Waals surface area contributed by atoms with Crippen LogP contribution in [0.1, 0.15) is 0 Å². The molecule has 0 spiro atoms. The molecule has 0 amide bonds. The lowest BCUT2D eigenvalue weighted by Gasteiger charge is -2.27. The van der Waals surface area contributed by atoms with Gasteiger partial charge in [0.05, 0.1) is 27.8 Å². The summed E-state index contributed by atoms with van der Waals surface area (Å²) in [4.78, 5) is 7.38. The lowest BCUT2D eigenvalue weighted by Crippen LogP contribution is -2.10. The molecule has 0 atom stereocenters. The molecule has 4 heterocycles. The summed E-state index contributed by atoms with van der Waals surface area (Å²) in [6.07, 6.45) is 0. The third kappa shape index (κ3) is 4.55. The molecule has 5 nitrogen and oxygen atoms in total. The Morgan fingerprint density at radius 1 is 0.473 bits per heavy atom. The van der Waals surface area contributed by atoms with Crippen LogP contribution in [0.25, 0.3) is 92.2 Å². The van der Waals surface area contributed by atoms with Gasteiger partial charge in [-0.1, -0.05) is 84.9 Å². The molecular weight excluding hydrogens is 695 g/mol. The van der Waals surface area contributed by atoms with E-state index in [-0.39, 0.29) is 0 Å². The zero-order valence-electron chi connectivity index (χ0n) is 29.3. The summed E-state index contributed by atoms with van der Waals surface area (Å²) in [6, 6.07) is 62.1. The van der Waals surface area contributed by atoms with Crippen molar-refractivity contribution in [3.05, 3.63) is 176 Å². The summed E-state index contributed by atoms with van der Waals surface area (Å²) in [5.74, 6) is 0.590. The van der Waals surface area contributed by atoms with Gasteiger partial charge in [0.15, 0.2) is 5.58 Å². The number of anilines is 3. The number of aromatic nitrogens is 2.